The minimum absolute atomic E-state index is 0.529. The Morgan fingerprint density at radius 2 is 1.59 bits per heavy atom. The van der Waals surface area contributed by atoms with E-state index >= 15 is 0 Å². The molecule has 0 N–H and O–H groups in total. The average Bonchev–Trinajstić information content (AvgIpc) is 2.12. The van der Waals surface area contributed by atoms with Gasteiger partial charge in [-0.15, -0.1) is 0 Å². The Labute approximate surface area is 107 Å². The van der Waals surface area contributed by atoms with Crippen molar-refractivity contribution >= 4 is 0 Å². The highest BCUT2D eigenvalue weighted by atomic mass is 15.2. The Hall–Kier alpha value is -0.0400. The van der Waals surface area contributed by atoms with Crippen molar-refractivity contribution in [1.82, 2.24) is 4.90 Å². The molecule has 0 unspecified atom stereocenters. The first kappa shape index (κ1) is 12.0. The normalized spacial score (nSPS) is 31.2. The van der Waals surface area contributed by atoms with Gasteiger partial charge >= 0.3 is 0 Å². The summed E-state index contributed by atoms with van der Waals surface area (Å²) in [4.78, 5) is 2.81. The summed E-state index contributed by atoms with van der Waals surface area (Å²) >= 11 is 0. The molecule has 0 atom stereocenters. The molecular formula is C16H29N. The molecule has 0 aromatic carbocycles. The van der Waals surface area contributed by atoms with Gasteiger partial charge in [-0.1, -0.05) is 27.2 Å². The molecule has 3 rings (SSSR count). The van der Waals surface area contributed by atoms with Crippen LogP contribution in [0.4, 0.5) is 0 Å². The van der Waals surface area contributed by atoms with Crippen molar-refractivity contribution in [2.24, 2.45) is 16.7 Å². The Morgan fingerprint density at radius 1 is 1.00 bits per heavy atom. The zero-order valence-electron chi connectivity index (χ0n) is 12.0. The van der Waals surface area contributed by atoms with Gasteiger partial charge in [-0.05, 0) is 68.4 Å². The number of hydrogen-bond acceptors (Lipinski definition) is 1. The minimum atomic E-state index is 0.529. The lowest BCUT2D eigenvalue weighted by atomic mass is 9.53. The van der Waals surface area contributed by atoms with Crippen molar-refractivity contribution in [2.45, 2.75) is 71.8 Å². The number of rotatable bonds is 1. The van der Waals surface area contributed by atoms with Crippen molar-refractivity contribution < 1.29 is 0 Å². The lowest BCUT2D eigenvalue weighted by molar-refractivity contribution is -0.0680. The third kappa shape index (κ3) is 2.16. The highest BCUT2D eigenvalue weighted by molar-refractivity contribution is 5.03. The van der Waals surface area contributed by atoms with Crippen molar-refractivity contribution in [3.05, 3.63) is 0 Å². The fourth-order valence-electron chi connectivity index (χ4n) is 4.41. The van der Waals surface area contributed by atoms with Gasteiger partial charge in [-0.25, -0.2) is 0 Å². The highest BCUT2D eigenvalue weighted by Gasteiger charge is 2.50. The second-order valence-corrected chi connectivity index (χ2v) is 8.09. The van der Waals surface area contributed by atoms with Crippen LogP contribution in [0, 0.1) is 16.7 Å². The first-order valence-corrected chi connectivity index (χ1v) is 7.73. The topological polar surface area (TPSA) is 3.24 Å². The Bertz CT molecular complexity index is 268. The minimum Gasteiger partial charge on any atom is -0.300 e. The van der Waals surface area contributed by atoms with Crippen LogP contribution in [0.15, 0.2) is 0 Å². The summed E-state index contributed by atoms with van der Waals surface area (Å²) in [6.45, 7) is 10.0. The van der Waals surface area contributed by atoms with E-state index in [1.807, 2.05) is 0 Å². The number of piperidine rings is 1. The Balaban J connectivity index is 1.46. The van der Waals surface area contributed by atoms with E-state index in [-0.39, 0.29) is 0 Å². The molecule has 0 radical (unpaired) electrons. The maximum absolute atomic E-state index is 2.81. The van der Waals surface area contributed by atoms with Gasteiger partial charge in [0.15, 0.2) is 0 Å². The summed E-state index contributed by atoms with van der Waals surface area (Å²) < 4.78 is 0. The van der Waals surface area contributed by atoms with Crippen LogP contribution in [-0.2, 0) is 0 Å². The van der Waals surface area contributed by atoms with Gasteiger partial charge in [0.1, 0.15) is 0 Å². The molecule has 0 amide bonds. The number of hydrogen-bond donors (Lipinski definition) is 0. The SMILES string of the molecule is CC(C)(C)C1CCN(C2CC3(CCC3)C2)CC1. The van der Waals surface area contributed by atoms with Crippen LogP contribution in [0.3, 0.4) is 0 Å². The number of likely N-dealkylation sites (tertiary alicyclic amines) is 1. The standard InChI is InChI=1S/C16H29N/c1-15(2,3)13-5-9-17(10-6-13)14-11-16(12-14)7-4-8-16/h13-14H,4-12H2,1-3H3. The Kier molecular flexibility index (Phi) is 2.81. The molecule has 1 heterocycles. The molecule has 3 aliphatic rings. The largest absolute Gasteiger partial charge is 0.300 e. The molecule has 0 aromatic heterocycles. The molecule has 3 fully saturated rings. The van der Waals surface area contributed by atoms with Crippen LogP contribution in [-0.4, -0.2) is 24.0 Å². The zero-order chi connectivity index (χ0) is 12.1. The summed E-state index contributed by atoms with van der Waals surface area (Å²) in [5.74, 6) is 0.955. The number of nitrogens with zero attached hydrogens (tertiary/aromatic N) is 1. The predicted molar refractivity (Wildman–Crippen MR) is 73.1 cm³/mol. The van der Waals surface area contributed by atoms with E-state index in [4.69, 9.17) is 0 Å². The van der Waals surface area contributed by atoms with E-state index in [1.165, 1.54) is 45.2 Å². The van der Waals surface area contributed by atoms with Gasteiger partial charge in [0.2, 0.25) is 0 Å². The van der Waals surface area contributed by atoms with Gasteiger partial charge in [0.25, 0.3) is 0 Å². The molecular weight excluding hydrogens is 206 g/mol. The third-order valence-electron chi connectivity index (χ3n) is 6.02. The zero-order valence-corrected chi connectivity index (χ0v) is 12.0. The molecule has 2 aliphatic carbocycles. The molecule has 1 nitrogen and oxygen atoms in total. The molecule has 1 saturated heterocycles. The predicted octanol–water partition coefficient (Wildman–Crippen LogP) is 4.08. The maximum Gasteiger partial charge on any atom is 0.0106 e. The summed E-state index contributed by atoms with van der Waals surface area (Å²) in [5, 5.41) is 0. The van der Waals surface area contributed by atoms with Gasteiger partial charge in [-0.3, -0.25) is 0 Å². The lowest BCUT2D eigenvalue weighted by Crippen LogP contribution is -2.55. The van der Waals surface area contributed by atoms with Gasteiger partial charge in [-0.2, -0.15) is 0 Å². The highest BCUT2D eigenvalue weighted by Crippen LogP contribution is 2.57. The summed E-state index contributed by atoms with van der Waals surface area (Å²) in [6.07, 6.45) is 10.5. The summed E-state index contributed by atoms with van der Waals surface area (Å²) in [6, 6.07) is 0.969. The molecule has 17 heavy (non-hydrogen) atoms. The van der Waals surface area contributed by atoms with E-state index in [0.717, 1.165) is 17.4 Å². The second kappa shape index (κ2) is 3.98. The first-order chi connectivity index (χ1) is 7.99. The first-order valence-electron chi connectivity index (χ1n) is 7.73. The van der Waals surface area contributed by atoms with Gasteiger partial charge in [0.05, 0.1) is 0 Å². The fourth-order valence-corrected chi connectivity index (χ4v) is 4.41. The van der Waals surface area contributed by atoms with Crippen LogP contribution in [0.25, 0.3) is 0 Å². The van der Waals surface area contributed by atoms with Crippen LogP contribution < -0.4 is 0 Å². The lowest BCUT2D eigenvalue weighted by Gasteiger charge is -2.58. The Morgan fingerprint density at radius 3 is 2.00 bits per heavy atom. The second-order valence-electron chi connectivity index (χ2n) is 8.09. The van der Waals surface area contributed by atoms with Crippen molar-refractivity contribution in [1.29, 1.82) is 0 Å². The van der Waals surface area contributed by atoms with E-state index in [0.29, 0.717) is 5.41 Å². The van der Waals surface area contributed by atoms with Crippen LogP contribution in [0.1, 0.15) is 65.7 Å². The monoisotopic (exact) mass is 235 g/mol. The third-order valence-corrected chi connectivity index (χ3v) is 6.02. The van der Waals surface area contributed by atoms with Crippen molar-refractivity contribution in [3.63, 3.8) is 0 Å². The van der Waals surface area contributed by atoms with Crippen LogP contribution in [0.5, 0.6) is 0 Å². The quantitative estimate of drug-likeness (QED) is 0.662. The van der Waals surface area contributed by atoms with Crippen LogP contribution >= 0.6 is 0 Å². The molecule has 0 aromatic rings. The molecule has 98 valence electrons. The maximum atomic E-state index is 2.81. The molecule has 1 spiro atoms. The molecule has 1 heteroatoms. The van der Waals surface area contributed by atoms with Gasteiger partial charge < -0.3 is 4.90 Å². The fraction of sp³-hybridized carbons (Fsp3) is 1.00. The van der Waals surface area contributed by atoms with E-state index < -0.39 is 0 Å². The smallest absolute Gasteiger partial charge is 0.0106 e. The van der Waals surface area contributed by atoms with Crippen molar-refractivity contribution in [3.8, 4) is 0 Å². The van der Waals surface area contributed by atoms with Crippen LogP contribution in [0.2, 0.25) is 0 Å². The molecule has 1 aliphatic heterocycles. The van der Waals surface area contributed by atoms with Crippen molar-refractivity contribution in [2.75, 3.05) is 13.1 Å². The summed E-state index contributed by atoms with van der Waals surface area (Å²) in [5.41, 5.74) is 1.38. The molecule has 2 saturated carbocycles. The average molecular weight is 235 g/mol. The summed E-state index contributed by atoms with van der Waals surface area (Å²) in [7, 11) is 0. The van der Waals surface area contributed by atoms with E-state index in [2.05, 4.69) is 25.7 Å². The molecule has 0 bridgehead atoms. The van der Waals surface area contributed by atoms with E-state index in [1.54, 1.807) is 12.8 Å². The van der Waals surface area contributed by atoms with Gasteiger partial charge in [0, 0.05) is 6.04 Å². The van der Waals surface area contributed by atoms with E-state index in [9.17, 15) is 0 Å².